The molecule has 5 nitrogen and oxygen atoms in total. The van der Waals surface area contributed by atoms with Gasteiger partial charge in [-0.25, -0.2) is 0 Å². The Bertz CT molecular complexity index is 1050. The van der Waals surface area contributed by atoms with Gasteiger partial charge in [-0.2, -0.15) is 0 Å². The van der Waals surface area contributed by atoms with E-state index in [0.29, 0.717) is 32.4 Å². The second-order valence-corrected chi connectivity index (χ2v) is 9.14. The van der Waals surface area contributed by atoms with E-state index in [4.69, 9.17) is 4.74 Å². The average Bonchev–Trinajstić information content (AvgIpc) is 2.85. The minimum absolute atomic E-state index is 0.0163. The molecule has 0 saturated heterocycles. The van der Waals surface area contributed by atoms with Gasteiger partial charge in [0.2, 0.25) is 11.8 Å². The van der Waals surface area contributed by atoms with Gasteiger partial charge in [0.25, 0.3) is 0 Å². The van der Waals surface area contributed by atoms with Gasteiger partial charge in [-0.1, -0.05) is 78.4 Å². The zero-order valence-electron chi connectivity index (χ0n) is 20.9. The van der Waals surface area contributed by atoms with Gasteiger partial charge in [-0.3, -0.25) is 9.59 Å². The van der Waals surface area contributed by atoms with E-state index in [0.717, 1.165) is 16.9 Å². The normalized spacial score (nSPS) is 11.7. The van der Waals surface area contributed by atoms with Crippen molar-refractivity contribution in [2.24, 2.45) is 0 Å². The van der Waals surface area contributed by atoms with Crippen LogP contribution in [0.4, 0.5) is 0 Å². The Hall–Kier alpha value is -3.60. The fourth-order valence-corrected chi connectivity index (χ4v) is 3.91. The summed E-state index contributed by atoms with van der Waals surface area (Å²) in [6.07, 6.45) is 1.33. The lowest BCUT2D eigenvalue weighted by atomic mass is 10.0. The summed E-state index contributed by atoms with van der Waals surface area (Å²) in [5.74, 6) is 0.604. The quantitative estimate of drug-likeness (QED) is 0.363. The Balaban J connectivity index is 1.75. The van der Waals surface area contributed by atoms with Crippen molar-refractivity contribution in [3.8, 4) is 5.75 Å². The van der Waals surface area contributed by atoms with E-state index < -0.39 is 6.04 Å². The summed E-state index contributed by atoms with van der Waals surface area (Å²) >= 11 is 0. The van der Waals surface area contributed by atoms with Gasteiger partial charge < -0.3 is 15.0 Å². The Kier molecular flexibility index (Phi) is 9.91. The van der Waals surface area contributed by atoms with Gasteiger partial charge in [0.15, 0.2) is 0 Å². The van der Waals surface area contributed by atoms with Crippen LogP contribution in [0.5, 0.6) is 5.75 Å². The van der Waals surface area contributed by atoms with Crippen molar-refractivity contribution in [3.63, 3.8) is 0 Å². The summed E-state index contributed by atoms with van der Waals surface area (Å²) < 4.78 is 5.82. The van der Waals surface area contributed by atoms with Gasteiger partial charge >= 0.3 is 0 Å². The molecule has 3 aromatic carbocycles. The fraction of sp³-hybridized carbons (Fsp3) is 0.333. The van der Waals surface area contributed by atoms with E-state index in [-0.39, 0.29) is 17.9 Å². The van der Waals surface area contributed by atoms with Gasteiger partial charge in [0, 0.05) is 25.4 Å². The largest absolute Gasteiger partial charge is 0.494 e. The van der Waals surface area contributed by atoms with Crippen molar-refractivity contribution >= 4 is 11.8 Å². The molecule has 0 aliphatic carbocycles. The third-order valence-electron chi connectivity index (χ3n) is 5.72. The summed E-state index contributed by atoms with van der Waals surface area (Å²) in [5.41, 5.74) is 3.19. The number of ether oxygens (including phenoxy) is 1. The third kappa shape index (κ3) is 8.60. The molecule has 0 spiro atoms. The molecule has 184 valence electrons. The Morgan fingerprint density at radius 2 is 1.46 bits per heavy atom. The van der Waals surface area contributed by atoms with E-state index in [1.165, 1.54) is 5.56 Å². The molecule has 35 heavy (non-hydrogen) atoms. The molecule has 0 fully saturated rings. The smallest absolute Gasteiger partial charge is 0.243 e. The van der Waals surface area contributed by atoms with Crippen LogP contribution in [0.25, 0.3) is 0 Å². The first-order chi connectivity index (χ1) is 16.9. The van der Waals surface area contributed by atoms with Crippen LogP contribution in [0.15, 0.2) is 84.9 Å². The predicted octanol–water partition coefficient (Wildman–Crippen LogP) is 5.32. The summed E-state index contributed by atoms with van der Waals surface area (Å²) in [6.45, 7) is 6.72. The molecule has 0 aliphatic heterocycles. The lowest BCUT2D eigenvalue weighted by Gasteiger charge is -2.32. The highest BCUT2D eigenvalue weighted by molar-refractivity contribution is 5.88. The standard InChI is InChI=1S/C30H36N2O3/c1-23(2)31-30(34)28(21-25-11-6-4-7-12-25)32(22-26-13-8-5-9-14-26)29(33)15-10-20-35-27-18-16-24(3)17-19-27/h4-9,11-14,16-19,23,28H,10,15,20-22H2,1-3H3,(H,31,34)/t28-/m1/s1. The lowest BCUT2D eigenvalue weighted by Crippen LogP contribution is -2.51. The number of benzene rings is 3. The van der Waals surface area contributed by atoms with Crippen molar-refractivity contribution in [1.29, 1.82) is 0 Å². The highest BCUT2D eigenvalue weighted by atomic mass is 16.5. The minimum Gasteiger partial charge on any atom is -0.494 e. The zero-order chi connectivity index (χ0) is 25.0. The van der Waals surface area contributed by atoms with E-state index in [1.54, 1.807) is 4.90 Å². The third-order valence-corrected chi connectivity index (χ3v) is 5.72. The number of hydrogen-bond acceptors (Lipinski definition) is 3. The van der Waals surface area contributed by atoms with E-state index >= 15 is 0 Å². The maximum atomic E-state index is 13.5. The first-order valence-electron chi connectivity index (χ1n) is 12.3. The molecular weight excluding hydrogens is 436 g/mol. The maximum Gasteiger partial charge on any atom is 0.243 e. The van der Waals surface area contributed by atoms with Crippen LogP contribution < -0.4 is 10.1 Å². The van der Waals surface area contributed by atoms with Gasteiger partial charge in [-0.15, -0.1) is 0 Å². The average molecular weight is 473 g/mol. The molecule has 3 rings (SSSR count). The molecule has 0 radical (unpaired) electrons. The SMILES string of the molecule is Cc1ccc(OCCCC(=O)N(Cc2ccccc2)[C@H](Cc2ccccc2)C(=O)NC(C)C)cc1. The molecule has 0 heterocycles. The monoisotopic (exact) mass is 472 g/mol. The van der Waals surface area contributed by atoms with Crippen molar-refractivity contribution in [2.45, 2.75) is 58.7 Å². The van der Waals surface area contributed by atoms with Crippen molar-refractivity contribution in [2.75, 3.05) is 6.61 Å². The maximum absolute atomic E-state index is 13.5. The van der Waals surface area contributed by atoms with Gasteiger partial charge in [0.05, 0.1) is 6.61 Å². The highest BCUT2D eigenvalue weighted by Gasteiger charge is 2.30. The second-order valence-electron chi connectivity index (χ2n) is 9.14. The molecule has 0 aromatic heterocycles. The molecule has 0 saturated carbocycles. The number of amides is 2. The molecule has 0 aliphatic rings. The van der Waals surface area contributed by atoms with Crippen LogP contribution in [0.2, 0.25) is 0 Å². The van der Waals surface area contributed by atoms with Crippen LogP contribution in [0, 0.1) is 6.92 Å². The Morgan fingerprint density at radius 1 is 0.857 bits per heavy atom. The number of nitrogens with zero attached hydrogens (tertiary/aromatic N) is 1. The first kappa shape index (κ1) is 26.0. The molecule has 0 bridgehead atoms. The number of carbonyl (C=O) groups excluding carboxylic acids is 2. The minimum atomic E-state index is -0.606. The topological polar surface area (TPSA) is 58.6 Å². The first-order valence-corrected chi connectivity index (χ1v) is 12.3. The van der Waals surface area contributed by atoms with Gasteiger partial charge in [-0.05, 0) is 50.5 Å². The van der Waals surface area contributed by atoms with E-state index in [9.17, 15) is 9.59 Å². The molecule has 3 aromatic rings. The van der Waals surface area contributed by atoms with E-state index in [2.05, 4.69) is 5.32 Å². The van der Waals surface area contributed by atoms with Gasteiger partial charge in [0.1, 0.15) is 11.8 Å². The molecule has 5 heteroatoms. The molecule has 0 unspecified atom stereocenters. The summed E-state index contributed by atoms with van der Waals surface area (Å²) in [7, 11) is 0. The number of aryl methyl sites for hydroxylation is 1. The van der Waals surface area contributed by atoms with Crippen LogP contribution in [0.3, 0.4) is 0 Å². The van der Waals surface area contributed by atoms with Crippen LogP contribution >= 0.6 is 0 Å². The lowest BCUT2D eigenvalue weighted by molar-refractivity contribution is -0.141. The summed E-state index contributed by atoms with van der Waals surface area (Å²) in [6, 6.07) is 26.9. The predicted molar refractivity (Wildman–Crippen MR) is 140 cm³/mol. The van der Waals surface area contributed by atoms with Crippen LogP contribution in [-0.2, 0) is 22.6 Å². The van der Waals surface area contributed by atoms with Crippen LogP contribution in [0.1, 0.15) is 43.4 Å². The van der Waals surface area contributed by atoms with Crippen molar-refractivity contribution < 1.29 is 14.3 Å². The van der Waals surface area contributed by atoms with Crippen molar-refractivity contribution in [1.82, 2.24) is 10.2 Å². The number of nitrogens with one attached hydrogen (secondary N) is 1. The summed E-state index contributed by atoms with van der Waals surface area (Å²) in [4.78, 5) is 28.6. The summed E-state index contributed by atoms with van der Waals surface area (Å²) in [5, 5.41) is 3.02. The number of rotatable bonds is 12. The molecule has 2 amide bonds. The molecule has 1 N–H and O–H groups in total. The highest BCUT2D eigenvalue weighted by Crippen LogP contribution is 2.17. The molecule has 1 atom stereocenters. The molecular formula is C30H36N2O3. The van der Waals surface area contributed by atoms with Crippen molar-refractivity contribution in [3.05, 3.63) is 102 Å². The van der Waals surface area contributed by atoms with E-state index in [1.807, 2.05) is 106 Å². The van der Waals surface area contributed by atoms with Crippen LogP contribution in [-0.4, -0.2) is 35.4 Å². The number of hydrogen-bond donors (Lipinski definition) is 1. The number of carbonyl (C=O) groups is 2. The Morgan fingerprint density at radius 3 is 2.06 bits per heavy atom. The second kappa shape index (κ2) is 13.3. The Labute approximate surface area is 209 Å². The fourth-order valence-electron chi connectivity index (χ4n) is 3.91. The zero-order valence-corrected chi connectivity index (χ0v) is 20.9.